The third kappa shape index (κ3) is 4.24. The molecule has 1 aromatic carbocycles. The first-order valence-electron chi connectivity index (χ1n) is 7.45. The topological polar surface area (TPSA) is 72.5 Å². The van der Waals surface area contributed by atoms with Crippen molar-refractivity contribution in [2.75, 3.05) is 6.54 Å². The standard InChI is InChI=1S/C16H16BrNO4S2/c17-14-6-7-16(23-14)24(20,21)18-9-15(19)22-10-11-4-5-12-2-1-3-13(12)8-11/h4-8,18H,1-3,9-10H2. The molecule has 0 fully saturated rings. The van der Waals surface area contributed by atoms with Gasteiger partial charge in [0, 0.05) is 0 Å². The SMILES string of the molecule is O=C(CNS(=O)(=O)c1ccc(Br)s1)OCc1ccc2c(c1)CCC2. The number of halogens is 1. The summed E-state index contributed by atoms with van der Waals surface area (Å²) < 4.78 is 32.3. The van der Waals surface area contributed by atoms with Gasteiger partial charge in [0.25, 0.3) is 10.0 Å². The van der Waals surface area contributed by atoms with E-state index in [1.54, 1.807) is 6.07 Å². The fraction of sp³-hybridized carbons (Fsp3) is 0.312. The van der Waals surface area contributed by atoms with Crippen LogP contribution in [0.1, 0.15) is 23.1 Å². The zero-order valence-electron chi connectivity index (χ0n) is 12.7. The Hall–Kier alpha value is -1.22. The van der Waals surface area contributed by atoms with E-state index in [4.69, 9.17) is 4.74 Å². The molecule has 0 spiro atoms. The molecule has 1 heterocycles. The number of hydrogen-bond donors (Lipinski definition) is 1. The number of aryl methyl sites for hydroxylation is 2. The van der Waals surface area contributed by atoms with E-state index < -0.39 is 16.0 Å². The van der Waals surface area contributed by atoms with Gasteiger partial charge in [-0.25, -0.2) is 8.42 Å². The lowest BCUT2D eigenvalue weighted by Crippen LogP contribution is -2.30. The highest BCUT2D eigenvalue weighted by atomic mass is 79.9. The van der Waals surface area contributed by atoms with Crippen LogP contribution < -0.4 is 4.72 Å². The summed E-state index contributed by atoms with van der Waals surface area (Å²) in [5, 5.41) is 0. The number of sulfonamides is 1. The summed E-state index contributed by atoms with van der Waals surface area (Å²) in [5.41, 5.74) is 3.60. The van der Waals surface area contributed by atoms with Crippen molar-refractivity contribution in [3.05, 3.63) is 50.8 Å². The van der Waals surface area contributed by atoms with E-state index in [9.17, 15) is 13.2 Å². The van der Waals surface area contributed by atoms with Crippen molar-refractivity contribution in [2.24, 2.45) is 0 Å². The Kier molecular flexibility index (Phi) is 5.39. The molecular formula is C16H16BrNO4S2. The molecule has 0 unspecified atom stereocenters. The molecule has 1 aromatic heterocycles. The number of hydrogen-bond acceptors (Lipinski definition) is 5. The number of carbonyl (C=O) groups excluding carboxylic acids is 1. The molecule has 0 amide bonds. The molecule has 1 aliphatic rings. The molecule has 2 aromatic rings. The first-order valence-corrected chi connectivity index (χ1v) is 10.5. The van der Waals surface area contributed by atoms with Gasteiger partial charge < -0.3 is 4.74 Å². The monoisotopic (exact) mass is 429 g/mol. The first-order chi connectivity index (χ1) is 11.4. The van der Waals surface area contributed by atoms with Crippen molar-refractivity contribution >= 4 is 43.3 Å². The highest BCUT2D eigenvalue weighted by Crippen LogP contribution is 2.26. The average molecular weight is 430 g/mol. The summed E-state index contributed by atoms with van der Waals surface area (Å²) in [6.07, 6.45) is 3.34. The minimum absolute atomic E-state index is 0.151. The van der Waals surface area contributed by atoms with Crippen molar-refractivity contribution < 1.29 is 17.9 Å². The Morgan fingerprint density at radius 3 is 2.75 bits per heavy atom. The summed E-state index contributed by atoms with van der Waals surface area (Å²) in [6.45, 7) is -0.235. The first kappa shape index (κ1) is 17.6. The third-order valence-electron chi connectivity index (χ3n) is 3.78. The van der Waals surface area contributed by atoms with Crippen LogP contribution in [0.3, 0.4) is 0 Å². The van der Waals surface area contributed by atoms with Gasteiger partial charge in [0.2, 0.25) is 0 Å². The molecule has 128 valence electrons. The lowest BCUT2D eigenvalue weighted by atomic mass is 10.1. The van der Waals surface area contributed by atoms with E-state index in [0.717, 1.165) is 29.7 Å². The third-order valence-corrected chi connectivity index (χ3v) is 7.30. The Morgan fingerprint density at radius 1 is 1.21 bits per heavy atom. The highest BCUT2D eigenvalue weighted by Gasteiger charge is 2.18. The van der Waals surface area contributed by atoms with E-state index in [0.29, 0.717) is 3.79 Å². The minimum atomic E-state index is -3.69. The van der Waals surface area contributed by atoms with Crippen molar-refractivity contribution in [3.8, 4) is 0 Å². The highest BCUT2D eigenvalue weighted by molar-refractivity contribution is 9.11. The minimum Gasteiger partial charge on any atom is -0.460 e. The molecule has 3 rings (SSSR count). The summed E-state index contributed by atoms with van der Waals surface area (Å²) in [5.74, 6) is -0.602. The van der Waals surface area contributed by atoms with Crippen LogP contribution in [0.2, 0.25) is 0 Å². The van der Waals surface area contributed by atoms with Crippen LogP contribution in [-0.2, 0) is 39.0 Å². The predicted molar refractivity (Wildman–Crippen MR) is 95.5 cm³/mol. The van der Waals surface area contributed by atoms with Gasteiger partial charge in [0.1, 0.15) is 17.4 Å². The Balaban J connectivity index is 1.51. The summed E-state index contributed by atoms with van der Waals surface area (Å²) >= 11 is 4.29. The number of rotatable bonds is 6. The van der Waals surface area contributed by atoms with Gasteiger partial charge in [-0.05, 0) is 64.0 Å². The second-order valence-electron chi connectivity index (χ2n) is 5.50. The molecule has 0 aliphatic heterocycles. The van der Waals surface area contributed by atoms with Crippen LogP contribution in [0.5, 0.6) is 0 Å². The average Bonchev–Trinajstić information content (AvgIpc) is 3.19. The Labute approximate surface area is 153 Å². The molecule has 5 nitrogen and oxygen atoms in total. The van der Waals surface area contributed by atoms with Gasteiger partial charge in [-0.3, -0.25) is 4.79 Å². The van der Waals surface area contributed by atoms with Crippen LogP contribution in [0.15, 0.2) is 38.3 Å². The number of nitrogens with one attached hydrogen (secondary N) is 1. The Bertz CT molecular complexity index is 861. The summed E-state index contributed by atoms with van der Waals surface area (Å²) in [6, 6.07) is 9.20. The number of thiophene rings is 1. The normalized spacial score (nSPS) is 13.7. The maximum absolute atomic E-state index is 12.0. The van der Waals surface area contributed by atoms with Crippen LogP contribution >= 0.6 is 27.3 Å². The Morgan fingerprint density at radius 2 is 2.00 bits per heavy atom. The molecule has 1 N–H and O–H groups in total. The quantitative estimate of drug-likeness (QED) is 0.716. The molecular weight excluding hydrogens is 414 g/mol. The van der Waals surface area contributed by atoms with E-state index in [1.807, 2.05) is 6.07 Å². The molecule has 0 radical (unpaired) electrons. The lowest BCUT2D eigenvalue weighted by molar-refractivity contribution is -0.143. The molecule has 8 heteroatoms. The predicted octanol–water partition coefficient (Wildman–Crippen LogP) is 3.02. The molecule has 24 heavy (non-hydrogen) atoms. The van der Waals surface area contributed by atoms with Crippen molar-refractivity contribution in [3.63, 3.8) is 0 Å². The van der Waals surface area contributed by atoms with Gasteiger partial charge >= 0.3 is 5.97 Å². The van der Waals surface area contributed by atoms with Crippen LogP contribution in [0.25, 0.3) is 0 Å². The fourth-order valence-electron chi connectivity index (χ4n) is 2.60. The molecule has 1 aliphatic carbocycles. The van der Waals surface area contributed by atoms with Gasteiger partial charge in [0.15, 0.2) is 0 Å². The second kappa shape index (κ2) is 7.35. The van der Waals surface area contributed by atoms with E-state index in [-0.39, 0.29) is 17.4 Å². The number of esters is 1. The summed E-state index contributed by atoms with van der Waals surface area (Å²) in [7, 11) is -3.69. The van der Waals surface area contributed by atoms with Gasteiger partial charge in [-0.15, -0.1) is 11.3 Å². The zero-order valence-corrected chi connectivity index (χ0v) is 16.0. The fourth-order valence-corrected chi connectivity index (χ4v) is 5.62. The second-order valence-corrected chi connectivity index (χ2v) is 9.96. The van der Waals surface area contributed by atoms with Crippen LogP contribution in [0.4, 0.5) is 0 Å². The lowest BCUT2D eigenvalue weighted by Gasteiger charge is -2.08. The van der Waals surface area contributed by atoms with Crippen LogP contribution in [0, 0.1) is 0 Å². The molecule has 0 saturated heterocycles. The molecule has 0 atom stereocenters. The number of benzene rings is 1. The molecule has 0 saturated carbocycles. The van der Waals surface area contributed by atoms with E-state index in [1.165, 1.54) is 23.6 Å². The van der Waals surface area contributed by atoms with Crippen molar-refractivity contribution in [1.82, 2.24) is 4.72 Å². The zero-order chi connectivity index (χ0) is 17.2. The maximum Gasteiger partial charge on any atom is 0.321 e. The number of carbonyl (C=O) groups is 1. The van der Waals surface area contributed by atoms with Gasteiger partial charge in [-0.1, -0.05) is 18.2 Å². The number of ether oxygens (including phenoxy) is 1. The van der Waals surface area contributed by atoms with Crippen molar-refractivity contribution in [1.29, 1.82) is 0 Å². The van der Waals surface area contributed by atoms with E-state index >= 15 is 0 Å². The smallest absolute Gasteiger partial charge is 0.321 e. The maximum atomic E-state index is 12.0. The largest absolute Gasteiger partial charge is 0.460 e. The summed E-state index contributed by atoms with van der Waals surface area (Å²) in [4.78, 5) is 11.8. The van der Waals surface area contributed by atoms with Gasteiger partial charge in [0.05, 0.1) is 3.79 Å². The van der Waals surface area contributed by atoms with Crippen LogP contribution in [-0.4, -0.2) is 20.9 Å². The van der Waals surface area contributed by atoms with Crippen molar-refractivity contribution in [2.45, 2.75) is 30.1 Å². The number of fused-ring (bicyclic) bond motifs is 1. The van der Waals surface area contributed by atoms with E-state index in [2.05, 4.69) is 32.8 Å². The van der Waals surface area contributed by atoms with Gasteiger partial charge in [-0.2, -0.15) is 4.72 Å². The molecule has 0 bridgehead atoms.